The second-order valence-electron chi connectivity index (χ2n) is 7.16. The molecule has 146 valence electrons. The van der Waals surface area contributed by atoms with Crippen LogP contribution in [0.15, 0.2) is 42.5 Å². The summed E-state index contributed by atoms with van der Waals surface area (Å²) in [4.78, 5) is 14.8. The monoisotopic (exact) mass is 382 g/mol. The van der Waals surface area contributed by atoms with Gasteiger partial charge in [-0.05, 0) is 42.5 Å². The van der Waals surface area contributed by atoms with E-state index in [-0.39, 0.29) is 18.5 Å². The molecule has 0 atom stereocenters. The van der Waals surface area contributed by atoms with E-state index < -0.39 is 0 Å². The minimum Gasteiger partial charge on any atom is -0.454 e. The van der Waals surface area contributed by atoms with Crippen molar-refractivity contribution in [3.8, 4) is 11.5 Å². The molecule has 0 bridgehead atoms. The van der Waals surface area contributed by atoms with Crippen molar-refractivity contribution in [2.75, 3.05) is 43.3 Å². The van der Waals surface area contributed by atoms with Crippen LogP contribution in [0.4, 0.5) is 11.4 Å². The summed E-state index contributed by atoms with van der Waals surface area (Å²) in [6.07, 6.45) is 1.74. The van der Waals surface area contributed by atoms with Gasteiger partial charge in [0.2, 0.25) is 6.79 Å². The fourth-order valence-electron chi connectivity index (χ4n) is 3.89. The molecule has 28 heavy (non-hydrogen) atoms. The van der Waals surface area contributed by atoms with Crippen molar-refractivity contribution >= 4 is 17.3 Å². The van der Waals surface area contributed by atoms with Crippen LogP contribution in [0.25, 0.3) is 0 Å². The molecular formula is C21H22N2O5. The Balaban J connectivity index is 1.21. The Bertz CT molecular complexity index is 867. The van der Waals surface area contributed by atoms with Gasteiger partial charge in [0.1, 0.15) is 0 Å². The van der Waals surface area contributed by atoms with E-state index in [1.165, 1.54) is 0 Å². The van der Waals surface area contributed by atoms with E-state index in [1.807, 2.05) is 24.3 Å². The fraction of sp³-hybridized carbons (Fsp3) is 0.381. The van der Waals surface area contributed by atoms with Crippen LogP contribution in [0.5, 0.6) is 11.5 Å². The molecule has 5 rings (SSSR count). The number of nitrogens with one attached hydrogen (secondary N) is 1. The van der Waals surface area contributed by atoms with E-state index in [9.17, 15) is 4.79 Å². The molecule has 0 unspecified atom stereocenters. The van der Waals surface area contributed by atoms with E-state index in [1.54, 1.807) is 18.2 Å². The van der Waals surface area contributed by atoms with Crippen molar-refractivity contribution < 1.29 is 23.7 Å². The lowest BCUT2D eigenvalue weighted by Crippen LogP contribution is -2.45. The summed E-state index contributed by atoms with van der Waals surface area (Å²) in [5.74, 6) is 0.717. The van der Waals surface area contributed by atoms with Gasteiger partial charge in [0.15, 0.2) is 17.3 Å². The summed E-state index contributed by atoms with van der Waals surface area (Å²) in [6, 6.07) is 13.1. The molecule has 1 amide bonds. The molecule has 3 aliphatic rings. The highest BCUT2D eigenvalue weighted by Gasteiger charge is 2.39. The molecule has 2 aromatic rings. The number of anilines is 2. The minimum absolute atomic E-state index is 0.179. The average Bonchev–Trinajstić information content (AvgIpc) is 3.38. The zero-order chi connectivity index (χ0) is 19.0. The molecule has 1 spiro atoms. The molecule has 1 N–H and O–H groups in total. The number of hydrogen-bond acceptors (Lipinski definition) is 6. The summed E-state index contributed by atoms with van der Waals surface area (Å²) < 4.78 is 22.2. The number of carbonyl (C=O) groups excluding carboxylic acids is 1. The summed E-state index contributed by atoms with van der Waals surface area (Å²) in [5.41, 5.74) is 2.42. The maximum atomic E-state index is 12.5. The predicted octanol–water partition coefficient (Wildman–Crippen LogP) is 3.01. The summed E-state index contributed by atoms with van der Waals surface area (Å²) in [5, 5.41) is 2.93. The van der Waals surface area contributed by atoms with Crippen LogP contribution >= 0.6 is 0 Å². The second kappa shape index (κ2) is 7.00. The van der Waals surface area contributed by atoms with Crippen LogP contribution in [0.3, 0.4) is 0 Å². The summed E-state index contributed by atoms with van der Waals surface area (Å²) in [6.45, 7) is 3.36. The lowest BCUT2D eigenvalue weighted by atomic mass is 10.0. The number of benzene rings is 2. The van der Waals surface area contributed by atoms with Crippen LogP contribution in [0.2, 0.25) is 0 Å². The molecule has 0 radical (unpaired) electrons. The van der Waals surface area contributed by atoms with Crippen LogP contribution in [0, 0.1) is 0 Å². The molecule has 2 aromatic carbocycles. The van der Waals surface area contributed by atoms with Crippen molar-refractivity contribution in [1.82, 2.24) is 0 Å². The van der Waals surface area contributed by atoms with Crippen molar-refractivity contribution in [1.29, 1.82) is 0 Å². The number of piperidine rings is 1. The topological polar surface area (TPSA) is 69.3 Å². The Hall–Kier alpha value is -2.77. The lowest BCUT2D eigenvalue weighted by molar-refractivity contribution is -0.169. The first-order valence-corrected chi connectivity index (χ1v) is 9.55. The van der Waals surface area contributed by atoms with Crippen LogP contribution in [-0.2, 0) is 9.47 Å². The Labute approximate surface area is 163 Å². The largest absolute Gasteiger partial charge is 0.454 e. The lowest BCUT2D eigenvalue weighted by Gasteiger charge is -2.38. The van der Waals surface area contributed by atoms with Gasteiger partial charge in [-0.15, -0.1) is 0 Å². The van der Waals surface area contributed by atoms with Gasteiger partial charge in [-0.3, -0.25) is 4.79 Å². The second-order valence-corrected chi connectivity index (χ2v) is 7.16. The van der Waals surface area contributed by atoms with E-state index >= 15 is 0 Å². The number of rotatable bonds is 3. The molecule has 2 saturated heterocycles. The average molecular weight is 382 g/mol. The van der Waals surface area contributed by atoms with Gasteiger partial charge in [-0.25, -0.2) is 0 Å². The van der Waals surface area contributed by atoms with Crippen molar-refractivity contribution in [3.05, 3.63) is 48.0 Å². The molecule has 3 aliphatic heterocycles. The molecule has 0 saturated carbocycles. The first-order valence-electron chi connectivity index (χ1n) is 9.55. The van der Waals surface area contributed by atoms with Crippen molar-refractivity contribution in [3.63, 3.8) is 0 Å². The SMILES string of the molecule is O=C(Nc1ccc(N2CCC3(CC2)OCCO3)cc1)c1ccc2c(c1)OCO2. The Kier molecular flexibility index (Phi) is 4.33. The minimum atomic E-state index is -0.366. The van der Waals surface area contributed by atoms with Gasteiger partial charge < -0.3 is 29.2 Å². The van der Waals surface area contributed by atoms with Gasteiger partial charge >= 0.3 is 0 Å². The maximum Gasteiger partial charge on any atom is 0.255 e. The third-order valence-electron chi connectivity index (χ3n) is 5.46. The Morgan fingerprint density at radius 2 is 1.64 bits per heavy atom. The molecule has 2 fully saturated rings. The number of ether oxygens (including phenoxy) is 4. The maximum absolute atomic E-state index is 12.5. The predicted molar refractivity (Wildman–Crippen MR) is 103 cm³/mol. The fourth-order valence-corrected chi connectivity index (χ4v) is 3.89. The zero-order valence-corrected chi connectivity index (χ0v) is 15.5. The standard InChI is InChI=1S/C21H22N2O5/c24-20(15-1-6-18-19(13-15)26-14-25-18)22-16-2-4-17(5-3-16)23-9-7-21(8-10-23)27-11-12-28-21/h1-6,13H,7-12,14H2,(H,22,24). The number of hydrogen-bond donors (Lipinski definition) is 1. The number of nitrogens with zero attached hydrogens (tertiary/aromatic N) is 1. The highest BCUT2D eigenvalue weighted by atomic mass is 16.7. The van der Waals surface area contributed by atoms with E-state index in [2.05, 4.69) is 10.2 Å². The number of amides is 1. The highest BCUT2D eigenvalue weighted by molar-refractivity contribution is 6.04. The summed E-state index contributed by atoms with van der Waals surface area (Å²) in [7, 11) is 0. The van der Waals surface area contributed by atoms with Crippen LogP contribution < -0.4 is 19.7 Å². The third kappa shape index (κ3) is 3.27. The van der Waals surface area contributed by atoms with Crippen LogP contribution in [0.1, 0.15) is 23.2 Å². The van der Waals surface area contributed by atoms with E-state index in [0.717, 1.165) is 37.3 Å². The first kappa shape index (κ1) is 17.3. The van der Waals surface area contributed by atoms with Gasteiger partial charge in [-0.2, -0.15) is 0 Å². The first-order chi connectivity index (χ1) is 13.7. The van der Waals surface area contributed by atoms with Crippen molar-refractivity contribution in [2.24, 2.45) is 0 Å². The van der Waals surface area contributed by atoms with Crippen LogP contribution in [-0.4, -0.2) is 44.8 Å². The molecule has 0 aromatic heterocycles. The molecule has 3 heterocycles. The number of carbonyl (C=O) groups is 1. The van der Waals surface area contributed by atoms with Gasteiger partial charge in [-0.1, -0.05) is 0 Å². The summed E-state index contributed by atoms with van der Waals surface area (Å²) >= 11 is 0. The molecule has 7 nitrogen and oxygen atoms in total. The highest BCUT2D eigenvalue weighted by Crippen LogP contribution is 2.34. The zero-order valence-electron chi connectivity index (χ0n) is 15.5. The van der Waals surface area contributed by atoms with Gasteiger partial charge in [0.05, 0.1) is 13.2 Å². The van der Waals surface area contributed by atoms with Crippen molar-refractivity contribution in [2.45, 2.75) is 18.6 Å². The van der Waals surface area contributed by atoms with Gasteiger partial charge in [0, 0.05) is 42.9 Å². The van der Waals surface area contributed by atoms with E-state index in [0.29, 0.717) is 30.3 Å². The quantitative estimate of drug-likeness (QED) is 0.880. The molecule has 7 heteroatoms. The Morgan fingerprint density at radius 3 is 2.39 bits per heavy atom. The molecule has 0 aliphatic carbocycles. The third-order valence-corrected chi connectivity index (χ3v) is 5.46. The van der Waals surface area contributed by atoms with Gasteiger partial charge in [0.25, 0.3) is 5.91 Å². The molecular weight excluding hydrogens is 360 g/mol. The van der Waals surface area contributed by atoms with E-state index in [4.69, 9.17) is 18.9 Å². The normalized spacial score (nSPS) is 19.8. The number of fused-ring (bicyclic) bond motifs is 1. The Morgan fingerprint density at radius 1 is 0.929 bits per heavy atom. The smallest absolute Gasteiger partial charge is 0.255 e.